The van der Waals surface area contributed by atoms with Gasteiger partial charge in [0.15, 0.2) is 0 Å². The zero-order valence-electron chi connectivity index (χ0n) is 6.88. The number of rotatable bonds is 2. The predicted molar refractivity (Wildman–Crippen MR) is 46.5 cm³/mol. The summed E-state index contributed by atoms with van der Waals surface area (Å²) in [6.07, 6.45) is 0.112. The van der Waals surface area contributed by atoms with Crippen molar-refractivity contribution in [3.63, 3.8) is 0 Å². The van der Waals surface area contributed by atoms with E-state index in [9.17, 15) is 4.79 Å². The maximum atomic E-state index is 10.2. The molecule has 0 amide bonds. The number of hydrogen-bond donors (Lipinski definition) is 2. The number of benzene rings is 1. The molecule has 0 saturated heterocycles. The van der Waals surface area contributed by atoms with Crippen LogP contribution in [-0.2, 0) is 16.0 Å². The van der Waals surface area contributed by atoms with E-state index in [0.717, 1.165) is 5.56 Å². The Balaban J connectivity index is 0.000000424. The summed E-state index contributed by atoms with van der Waals surface area (Å²) in [6.45, 7) is -0.250. The van der Waals surface area contributed by atoms with Gasteiger partial charge in [-0.25, -0.2) is 0 Å². The number of carboxylic acid groups (broad SMARTS) is 2. The number of aliphatic carboxylic acids is 1. The van der Waals surface area contributed by atoms with Crippen LogP contribution in [0.25, 0.3) is 0 Å². The molecule has 0 fully saturated rings. The van der Waals surface area contributed by atoms with E-state index in [-0.39, 0.29) is 12.9 Å². The lowest BCUT2D eigenvalue weighted by Gasteiger charge is -1.92. The molecule has 1 rings (SSSR count). The zero-order chi connectivity index (χ0) is 10.1. The van der Waals surface area contributed by atoms with E-state index >= 15 is 0 Å². The lowest BCUT2D eigenvalue weighted by atomic mass is 10.2. The largest absolute Gasteiger partial charge is 0.483 e. The standard InChI is InChI=1S/C8H8O2.CH2O2/c9-8(10)6-7-4-2-1-3-5-7;2-1-3/h1-5H,6H2,(H,9,10);1H,(H,2,3). The predicted octanol–water partition coefficient (Wildman–Crippen LogP) is 1.01. The van der Waals surface area contributed by atoms with E-state index in [0.29, 0.717) is 0 Å². The molecule has 0 bridgehead atoms. The average Bonchev–Trinajstić information content (AvgIpc) is 2.06. The Morgan fingerprint density at radius 2 is 1.77 bits per heavy atom. The van der Waals surface area contributed by atoms with Crippen molar-refractivity contribution >= 4 is 12.4 Å². The quantitative estimate of drug-likeness (QED) is 0.669. The van der Waals surface area contributed by atoms with Crippen LogP contribution < -0.4 is 0 Å². The Bertz CT molecular complexity index is 256. The maximum absolute atomic E-state index is 10.2. The molecule has 0 saturated carbocycles. The third kappa shape index (κ3) is 6.55. The summed E-state index contributed by atoms with van der Waals surface area (Å²) in [5.74, 6) is -0.786. The summed E-state index contributed by atoms with van der Waals surface area (Å²) < 4.78 is 0. The van der Waals surface area contributed by atoms with Gasteiger partial charge in [-0.2, -0.15) is 0 Å². The van der Waals surface area contributed by atoms with Gasteiger partial charge in [-0.3, -0.25) is 9.59 Å². The highest BCUT2D eigenvalue weighted by molar-refractivity contribution is 5.70. The molecule has 0 radical (unpaired) electrons. The van der Waals surface area contributed by atoms with Crippen LogP contribution >= 0.6 is 0 Å². The van der Waals surface area contributed by atoms with E-state index in [1.165, 1.54) is 0 Å². The van der Waals surface area contributed by atoms with Gasteiger partial charge in [0, 0.05) is 0 Å². The maximum Gasteiger partial charge on any atom is 0.307 e. The Kier molecular flexibility index (Phi) is 5.88. The molecule has 1 aromatic carbocycles. The van der Waals surface area contributed by atoms with Crippen molar-refractivity contribution in [1.82, 2.24) is 0 Å². The molecular formula is C9H10O4. The van der Waals surface area contributed by atoms with Crippen molar-refractivity contribution in [3.05, 3.63) is 35.9 Å². The Hall–Kier alpha value is -1.84. The van der Waals surface area contributed by atoms with E-state index in [2.05, 4.69) is 0 Å². The molecule has 0 aliphatic rings. The summed E-state index contributed by atoms with van der Waals surface area (Å²) >= 11 is 0. The molecule has 0 aromatic heterocycles. The first-order chi connectivity index (χ1) is 6.20. The second-order valence-electron chi connectivity index (χ2n) is 2.16. The summed E-state index contributed by atoms with van der Waals surface area (Å²) in [4.78, 5) is 18.5. The van der Waals surface area contributed by atoms with Crippen LogP contribution in [0, 0.1) is 0 Å². The van der Waals surface area contributed by atoms with Gasteiger partial charge in [-0.1, -0.05) is 30.3 Å². The van der Waals surface area contributed by atoms with Crippen LogP contribution in [0.1, 0.15) is 5.56 Å². The fraction of sp³-hybridized carbons (Fsp3) is 0.111. The van der Waals surface area contributed by atoms with E-state index in [1.54, 1.807) is 12.1 Å². The van der Waals surface area contributed by atoms with Gasteiger partial charge in [0.05, 0.1) is 6.42 Å². The van der Waals surface area contributed by atoms with Gasteiger partial charge >= 0.3 is 5.97 Å². The van der Waals surface area contributed by atoms with E-state index in [4.69, 9.17) is 15.0 Å². The number of carbonyl (C=O) groups is 2. The molecule has 0 spiro atoms. The minimum atomic E-state index is -0.786. The van der Waals surface area contributed by atoms with Crippen LogP contribution in [0.4, 0.5) is 0 Å². The third-order valence-corrected chi connectivity index (χ3v) is 1.20. The van der Waals surface area contributed by atoms with Crippen molar-refractivity contribution in [2.45, 2.75) is 6.42 Å². The minimum absolute atomic E-state index is 0.112. The Morgan fingerprint density at radius 3 is 2.15 bits per heavy atom. The molecule has 1 aromatic rings. The van der Waals surface area contributed by atoms with E-state index in [1.807, 2.05) is 18.2 Å². The fourth-order valence-electron chi connectivity index (χ4n) is 0.770. The van der Waals surface area contributed by atoms with Crippen molar-refractivity contribution in [2.75, 3.05) is 0 Å². The average molecular weight is 182 g/mol. The topological polar surface area (TPSA) is 74.6 Å². The van der Waals surface area contributed by atoms with Crippen molar-refractivity contribution in [1.29, 1.82) is 0 Å². The van der Waals surface area contributed by atoms with Crippen molar-refractivity contribution in [2.24, 2.45) is 0 Å². The highest BCUT2D eigenvalue weighted by Crippen LogP contribution is 1.98. The Morgan fingerprint density at radius 1 is 1.31 bits per heavy atom. The number of hydrogen-bond acceptors (Lipinski definition) is 2. The van der Waals surface area contributed by atoms with Gasteiger partial charge < -0.3 is 10.2 Å². The van der Waals surface area contributed by atoms with Crippen LogP contribution in [0.15, 0.2) is 30.3 Å². The van der Waals surface area contributed by atoms with Crippen LogP contribution in [0.5, 0.6) is 0 Å². The van der Waals surface area contributed by atoms with Gasteiger partial charge in [-0.05, 0) is 5.56 Å². The highest BCUT2D eigenvalue weighted by Gasteiger charge is 1.96. The second-order valence-corrected chi connectivity index (χ2v) is 2.16. The molecule has 0 atom stereocenters. The van der Waals surface area contributed by atoms with E-state index < -0.39 is 5.97 Å². The second kappa shape index (κ2) is 6.84. The van der Waals surface area contributed by atoms with Crippen LogP contribution in [0.2, 0.25) is 0 Å². The smallest absolute Gasteiger partial charge is 0.307 e. The monoisotopic (exact) mass is 182 g/mol. The van der Waals surface area contributed by atoms with Crippen molar-refractivity contribution in [3.8, 4) is 0 Å². The van der Waals surface area contributed by atoms with Crippen molar-refractivity contribution < 1.29 is 19.8 Å². The van der Waals surface area contributed by atoms with Gasteiger partial charge in [0.25, 0.3) is 6.47 Å². The van der Waals surface area contributed by atoms with Gasteiger partial charge in [0.2, 0.25) is 0 Å². The fourth-order valence-corrected chi connectivity index (χ4v) is 0.770. The number of carboxylic acids is 1. The zero-order valence-corrected chi connectivity index (χ0v) is 6.88. The summed E-state index contributed by atoms with van der Waals surface area (Å²) in [5, 5.41) is 15.3. The highest BCUT2D eigenvalue weighted by atomic mass is 16.4. The Labute approximate surface area is 75.4 Å². The van der Waals surface area contributed by atoms with Crippen LogP contribution in [0.3, 0.4) is 0 Å². The first-order valence-corrected chi connectivity index (χ1v) is 3.54. The summed E-state index contributed by atoms with van der Waals surface area (Å²) in [6, 6.07) is 9.13. The molecule has 4 heteroatoms. The van der Waals surface area contributed by atoms with Gasteiger partial charge in [-0.15, -0.1) is 0 Å². The molecule has 0 unspecified atom stereocenters. The van der Waals surface area contributed by atoms with Crippen LogP contribution in [-0.4, -0.2) is 22.7 Å². The molecule has 0 aliphatic heterocycles. The van der Waals surface area contributed by atoms with Gasteiger partial charge in [0.1, 0.15) is 0 Å². The first kappa shape index (κ1) is 11.2. The molecule has 70 valence electrons. The normalized spacial score (nSPS) is 8.00. The summed E-state index contributed by atoms with van der Waals surface area (Å²) in [7, 11) is 0. The lowest BCUT2D eigenvalue weighted by molar-refractivity contribution is -0.136. The SMILES string of the molecule is O=C(O)Cc1ccccc1.O=CO. The molecule has 0 aliphatic carbocycles. The minimum Gasteiger partial charge on any atom is -0.483 e. The molecular weight excluding hydrogens is 172 g/mol. The molecule has 2 N–H and O–H groups in total. The molecule has 4 nitrogen and oxygen atoms in total. The molecule has 0 heterocycles. The third-order valence-electron chi connectivity index (χ3n) is 1.20. The summed E-state index contributed by atoms with van der Waals surface area (Å²) in [5.41, 5.74) is 0.843. The molecule has 13 heavy (non-hydrogen) atoms. The first-order valence-electron chi connectivity index (χ1n) is 3.54. The lowest BCUT2D eigenvalue weighted by Crippen LogP contribution is -1.98.